The Bertz CT molecular complexity index is 622. The minimum absolute atomic E-state index is 0.0289. The maximum absolute atomic E-state index is 11.8. The molecule has 0 aromatic heterocycles. The third-order valence-corrected chi connectivity index (χ3v) is 3.65. The molecule has 116 valence electrons. The third-order valence-electron chi connectivity index (χ3n) is 2.54. The molecule has 0 heterocycles. The molecule has 1 rings (SSSR count). The molecule has 6 nitrogen and oxygen atoms in total. The highest BCUT2D eigenvalue weighted by molar-refractivity contribution is 7.90. The Balaban J connectivity index is 2.63. The van der Waals surface area contributed by atoms with Crippen LogP contribution >= 0.6 is 0 Å². The van der Waals surface area contributed by atoms with Gasteiger partial charge in [0.25, 0.3) is 5.91 Å². The Kier molecular flexibility index (Phi) is 5.90. The van der Waals surface area contributed by atoms with Gasteiger partial charge in [-0.3, -0.25) is 4.79 Å². The summed E-state index contributed by atoms with van der Waals surface area (Å²) in [6, 6.07) is 5.50. The lowest BCUT2D eigenvalue weighted by atomic mass is 10.2. The van der Waals surface area contributed by atoms with Crippen molar-refractivity contribution in [3.63, 3.8) is 0 Å². The van der Waals surface area contributed by atoms with Gasteiger partial charge in [-0.15, -0.1) is 0 Å². The fraction of sp³-hybridized carbons (Fsp3) is 0.429. The molecule has 1 aromatic rings. The maximum Gasteiger partial charge on any atom is 0.338 e. The number of ether oxygens (including phenoxy) is 1. The first kappa shape index (κ1) is 17.2. The van der Waals surface area contributed by atoms with Crippen molar-refractivity contribution in [2.75, 3.05) is 19.4 Å². The fourth-order valence-corrected chi connectivity index (χ4v) is 2.10. The summed E-state index contributed by atoms with van der Waals surface area (Å²) in [5.74, 6) is -0.826. The normalized spacial score (nSPS) is 11.2. The second-order valence-corrected chi connectivity index (χ2v) is 7.09. The van der Waals surface area contributed by atoms with Crippen molar-refractivity contribution in [1.29, 1.82) is 0 Å². The standard InChI is InChI=1S/C14H19NO5S/c1-10(2)8-15-13(16)9-20-14(17)11-5-4-6-12(7-11)21(3,18)19/h4-7,10H,8-9H2,1-3H3,(H,15,16). The Hall–Kier alpha value is -1.89. The summed E-state index contributed by atoms with van der Waals surface area (Å²) in [7, 11) is -3.40. The molecule has 0 bridgehead atoms. The molecule has 0 aliphatic carbocycles. The van der Waals surface area contributed by atoms with Gasteiger partial charge >= 0.3 is 5.97 Å². The van der Waals surface area contributed by atoms with Gasteiger partial charge in [0, 0.05) is 12.8 Å². The van der Waals surface area contributed by atoms with Gasteiger partial charge in [-0.2, -0.15) is 0 Å². The molecule has 1 aromatic carbocycles. The van der Waals surface area contributed by atoms with E-state index in [0.717, 1.165) is 6.26 Å². The lowest BCUT2D eigenvalue weighted by Gasteiger charge is -2.08. The topological polar surface area (TPSA) is 89.5 Å². The molecule has 0 aliphatic rings. The number of carbonyl (C=O) groups is 2. The Morgan fingerprint density at radius 2 is 1.95 bits per heavy atom. The molecule has 0 spiro atoms. The van der Waals surface area contributed by atoms with Gasteiger partial charge in [-0.1, -0.05) is 19.9 Å². The maximum atomic E-state index is 11.8. The van der Waals surface area contributed by atoms with Crippen molar-refractivity contribution in [1.82, 2.24) is 5.32 Å². The van der Waals surface area contributed by atoms with Crippen LogP contribution in [0.25, 0.3) is 0 Å². The predicted octanol–water partition coefficient (Wildman–Crippen LogP) is 1.02. The van der Waals surface area contributed by atoms with Gasteiger partial charge in [-0.25, -0.2) is 13.2 Å². The molecule has 0 aliphatic heterocycles. The van der Waals surface area contributed by atoms with Crippen molar-refractivity contribution >= 4 is 21.7 Å². The van der Waals surface area contributed by atoms with E-state index in [1.807, 2.05) is 13.8 Å². The van der Waals surface area contributed by atoms with E-state index >= 15 is 0 Å². The summed E-state index contributed by atoms with van der Waals surface area (Å²) in [6.45, 7) is 4.00. The first-order valence-corrected chi connectivity index (χ1v) is 8.33. The van der Waals surface area contributed by atoms with Gasteiger partial charge in [0.05, 0.1) is 10.5 Å². The summed E-state index contributed by atoms with van der Waals surface area (Å²) in [4.78, 5) is 23.2. The van der Waals surface area contributed by atoms with Crippen LogP contribution in [0.15, 0.2) is 29.2 Å². The summed E-state index contributed by atoms with van der Waals surface area (Å²) in [5.41, 5.74) is 0.0922. The Morgan fingerprint density at radius 3 is 2.52 bits per heavy atom. The van der Waals surface area contributed by atoms with Crippen LogP contribution in [-0.4, -0.2) is 39.7 Å². The third kappa shape index (κ3) is 5.95. The van der Waals surface area contributed by atoms with Crippen LogP contribution in [0.2, 0.25) is 0 Å². The number of hydrogen-bond donors (Lipinski definition) is 1. The number of sulfone groups is 1. The number of carbonyl (C=O) groups excluding carboxylic acids is 2. The molecule has 1 amide bonds. The molecule has 0 fully saturated rings. The molecular formula is C14H19NO5S. The van der Waals surface area contributed by atoms with E-state index in [4.69, 9.17) is 4.74 Å². The Morgan fingerprint density at radius 1 is 1.29 bits per heavy atom. The highest BCUT2D eigenvalue weighted by Crippen LogP contribution is 2.12. The summed E-state index contributed by atoms with van der Waals surface area (Å²) < 4.78 is 27.7. The van der Waals surface area contributed by atoms with Gasteiger partial charge in [0.2, 0.25) is 0 Å². The lowest BCUT2D eigenvalue weighted by molar-refractivity contribution is -0.124. The summed E-state index contributed by atoms with van der Waals surface area (Å²) in [5, 5.41) is 2.61. The smallest absolute Gasteiger partial charge is 0.338 e. The summed E-state index contributed by atoms with van der Waals surface area (Å²) in [6.07, 6.45) is 1.05. The Labute approximate surface area is 124 Å². The van der Waals surface area contributed by atoms with Crippen LogP contribution in [-0.2, 0) is 19.4 Å². The number of benzene rings is 1. The minimum Gasteiger partial charge on any atom is -0.452 e. The van der Waals surface area contributed by atoms with Gasteiger partial charge < -0.3 is 10.1 Å². The quantitative estimate of drug-likeness (QED) is 0.792. The molecule has 0 unspecified atom stereocenters. The van der Waals surface area contributed by atoms with Gasteiger partial charge in [0.15, 0.2) is 16.4 Å². The molecule has 0 radical (unpaired) electrons. The average molecular weight is 313 g/mol. The second-order valence-electron chi connectivity index (χ2n) is 5.07. The molecule has 1 N–H and O–H groups in total. The molecule has 0 saturated heterocycles. The van der Waals surface area contributed by atoms with Crippen LogP contribution in [0.4, 0.5) is 0 Å². The number of hydrogen-bond acceptors (Lipinski definition) is 5. The number of amides is 1. The largest absolute Gasteiger partial charge is 0.452 e. The van der Waals surface area contributed by atoms with E-state index in [1.54, 1.807) is 0 Å². The first-order chi connectivity index (χ1) is 9.70. The fourth-order valence-electron chi connectivity index (χ4n) is 1.44. The zero-order valence-electron chi connectivity index (χ0n) is 12.3. The van der Waals surface area contributed by atoms with Crippen LogP contribution in [0, 0.1) is 5.92 Å². The van der Waals surface area contributed by atoms with Crippen LogP contribution in [0.5, 0.6) is 0 Å². The van der Waals surface area contributed by atoms with Crippen molar-refractivity contribution in [2.24, 2.45) is 5.92 Å². The highest BCUT2D eigenvalue weighted by Gasteiger charge is 2.14. The minimum atomic E-state index is -3.40. The van der Waals surface area contributed by atoms with Gasteiger partial charge in [-0.05, 0) is 24.1 Å². The number of esters is 1. The average Bonchev–Trinajstić information content (AvgIpc) is 2.41. The zero-order chi connectivity index (χ0) is 16.0. The second kappa shape index (κ2) is 7.21. The van der Waals surface area contributed by atoms with E-state index in [1.165, 1.54) is 24.3 Å². The molecule has 0 saturated carbocycles. The first-order valence-electron chi connectivity index (χ1n) is 6.44. The van der Waals surface area contributed by atoms with E-state index in [9.17, 15) is 18.0 Å². The monoisotopic (exact) mass is 313 g/mol. The molecule has 7 heteroatoms. The molecular weight excluding hydrogens is 294 g/mol. The SMILES string of the molecule is CC(C)CNC(=O)COC(=O)c1cccc(S(C)(=O)=O)c1. The number of nitrogens with one attached hydrogen (secondary N) is 1. The zero-order valence-corrected chi connectivity index (χ0v) is 13.1. The van der Waals surface area contributed by atoms with E-state index in [0.29, 0.717) is 12.5 Å². The van der Waals surface area contributed by atoms with Crippen LogP contribution < -0.4 is 5.32 Å². The number of rotatable bonds is 6. The molecule has 21 heavy (non-hydrogen) atoms. The highest BCUT2D eigenvalue weighted by atomic mass is 32.2. The van der Waals surface area contributed by atoms with Crippen molar-refractivity contribution in [3.05, 3.63) is 29.8 Å². The predicted molar refractivity (Wildman–Crippen MR) is 77.7 cm³/mol. The van der Waals surface area contributed by atoms with E-state index in [2.05, 4.69) is 5.32 Å². The van der Waals surface area contributed by atoms with Gasteiger partial charge in [0.1, 0.15) is 0 Å². The lowest BCUT2D eigenvalue weighted by Crippen LogP contribution is -2.31. The van der Waals surface area contributed by atoms with E-state index in [-0.39, 0.29) is 10.5 Å². The van der Waals surface area contributed by atoms with Crippen molar-refractivity contribution < 1.29 is 22.7 Å². The van der Waals surface area contributed by atoms with Crippen LogP contribution in [0.3, 0.4) is 0 Å². The van der Waals surface area contributed by atoms with Crippen LogP contribution in [0.1, 0.15) is 24.2 Å². The summed E-state index contributed by atoms with van der Waals surface area (Å²) >= 11 is 0. The van der Waals surface area contributed by atoms with Crippen molar-refractivity contribution in [3.8, 4) is 0 Å². The molecule has 0 atom stereocenters. The van der Waals surface area contributed by atoms with Crippen molar-refractivity contribution in [2.45, 2.75) is 18.7 Å². The van der Waals surface area contributed by atoms with E-state index < -0.39 is 28.3 Å².